The molecule has 2 aromatic carbocycles. The highest BCUT2D eigenvalue weighted by atomic mass is 35.5. The SMILES string of the molecule is COC(=O)c1cccc(Nc2cc(C(=O)Nc3cccc(Cl)c3C)ccn2)c1. The molecule has 7 heteroatoms. The van der Waals surface area contributed by atoms with E-state index in [1.165, 1.54) is 13.3 Å². The van der Waals surface area contributed by atoms with Crippen LogP contribution in [0.1, 0.15) is 26.3 Å². The number of methoxy groups -OCH3 is 1. The second kappa shape index (κ2) is 8.54. The number of esters is 1. The van der Waals surface area contributed by atoms with Crippen LogP contribution in [0.5, 0.6) is 0 Å². The van der Waals surface area contributed by atoms with Gasteiger partial charge in [0, 0.05) is 28.2 Å². The van der Waals surface area contributed by atoms with Crippen LogP contribution >= 0.6 is 11.6 Å². The lowest BCUT2D eigenvalue weighted by atomic mass is 10.1. The summed E-state index contributed by atoms with van der Waals surface area (Å²) in [5.74, 6) is -0.238. The maximum atomic E-state index is 12.6. The van der Waals surface area contributed by atoms with Crippen LogP contribution in [0.3, 0.4) is 0 Å². The van der Waals surface area contributed by atoms with Crippen LogP contribution in [0.4, 0.5) is 17.2 Å². The van der Waals surface area contributed by atoms with E-state index < -0.39 is 5.97 Å². The van der Waals surface area contributed by atoms with Crippen molar-refractivity contribution in [2.75, 3.05) is 17.7 Å². The number of anilines is 3. The maximum absolute atomic E-state index is 12.6. The number of carbonyl (C=O) groups is 2. The van der Waals surface area contributed by atoms with Gasteiger partial charge in [-0.05, 0) is 55.0 Å². The molecule has 28 heavy (non-hydrogen) atoms. The predicted octanol–water partition coefficient (Wildman–Crippen LogP) is 4.83. The Morgan fingerprint density at radius 2 is 1.82 bits per heavy atom. The van der Waals surface area contributed by atoms with Gasteiger partial charge in [-0.3, -0.25) is 4.79 Å². The smallest absolute Gasteiger partial charge is 0.337 e. The van der Waals surface area contributed by atoms with Gasteiger partial charge in [-0.25, -0.2) is 9.78 Å². The van der Waals surface area contributed by atoms with Gasteiger partial charge in [0.25, 0.3) is 5.91 Å². The van der Waals surface area contributed by atoms with Crippen LogP contribution in [0.15, 0.2) is 60.8 Å². The highest BCUT2D eigenvalue weighted by molar-refractivity contribution is 6.31. The third-order valence-electron chi connectivity index (χ3n) is 4.09. The minimum atomic E-state index is -0.429. The fourth-order valence-electron chi connectivity index (χ4n) is 2.57. The van der Waals surface area contributed by atoms with E-state index in [0.29, 0.717) is 33.3 Å². The molecule has 3 rings (SSSR count). The van der Waals surface area contributed by atoms with Crippen LogP contribution in [-0.4, -0.2) is 24.0 Å². The number of nitrogens with one attached hydrogen (secondary N) is 2. The molecule has 0 saturated carbocycles. The number of ether oxygens (including phenoxy) is 1. The van der Waals surface area contributed by atoms with Crippen LogP contribution < -0.4 is 10.6 Å². The molecule has 1 heterocycles. The van der Waals surface area contributed by atoms with Gasteiger partial charge in [-0.1, -0.05) is 23.7 Å². The van der Waals surface area contributed by atoms with E-state index in [9.17, 15) is 9.59 Å². The molecule has 0 atom stereocenters. The maximum Gasteiger partial charge on any atom is 0.337 e. The molecule has 2 N–H and O–H groups in total. The minimum Gasteiger partial charge on any atom is -0.465 e. The van der Waals surface area contributed by atoms with Gasteiger partial charge in [0.05, 0.1) is 12.7 Å². The second-order valence-corrected chi connectivity index (χ2v) is 6.40. The summed E-state index contributed by atoms with van der Waals surface area (Å²) in [6, 6.07) is 15.4. The predicted molar refractivity (Wildman–Crippen MR) is 109 cm³/mol. The number of aromatic nitrogens is 1. The van der Waals surface area contributed by atoms with Crippen LogP contribution in [-0.2, 0) is 4.74 Å². The van der Waals surface area contributed by atoms with Gasteiger partial charge in [0.2, 0.25) is 0 Å². The lowest BCUT2D eigenvalue weighted by molar-refractivity contribution is 0.0600. The highest BCUT2D eigenvalue weighted by Gasteiger charge is 2.11. The molecule has 0 unspecified atom stereocenters. The largest absolute Gasteiger partial charge is 0.465 e. The molecule has 0 aliphatic rings. The van der Waals surface area contributed by atoms with Crippen molar-refractivity contribution in [1.82, 2.24) is 4.98 Å². The fourth-order valence-corrected chi connectivity index (χ4v) is 2.74. The van der Waals surface area contributed by atoms with Crippen LogP contribution in [0.2, 0.25) is 5.02 Å². The number of amides is 1. The van der Waals surface area contributed by atoms with Crippen molar-refractivity contribution in [3.63, 3.8) is 0 Å². The number of hydrogen-bond donors (Lipinski definition) is 2. The number of rotatable bonds is 5. The van der Waals surface area contributed by atoms with E-state index in [2.05, 4.69) is 15.6 Å². The number of nitrogens with zero attached hydrogens (tertiary/aromatic N) is 1. The molecular weight excluding hydrogens is 378 g/mol. The lowest BCUT2D eigenvalue weighted by Gasteiger charge is -2.11. The van der Waals surface area contributed by atoms with Gasteiger partial charge in [0.15, 0.2) is 0 Å². The first-order valence-electron chi connectivity index (χ1n) is 8.46. The van der Waals surface area contributed by atoms with Crippen LogP contribution in [0, 0.1) is 6.92 Å². The van der Waals surface area contributed by atoms with Crippen molar-refractivity contribution >= 4 is 40.7 Å². The summed E-state index contributed by atoms with van der Waals surface area (Å²) in [7, 11) is 1.33. The molecule has 0 aliphatic heterocycles. The van der Waals surface area contributed by atoms with E-state index >= 15 is 0 Å². The summed E-state index contributed by atoms with van der Waals surface area (Å²) in [5.41, 5.74) is 2.94. The molecule has 3 aromatic rings. The van der Waals surface area contributed by atoms with Gasteiger partial charge in [-0.2, -0.15) is 0 Å². The van der Waals surface area contributed by atoms with E-state index in [-0.39, 0.29) is 5.91 Å². The zero-order valence-electron chi connectivity index (χ0n) is 15.3. The van der Waals surface area contributed by atoms with Gasteiger partial charge >= 0.3 is 5.97 Å². The average molecular weight is 396 g/mol. The number of benzene rings is 2. The number of halogens is 1. The van der Waals surface area contributed by atoms with E-state index in [4.69, 9.17) is 16.3 Å². The summed E-state index contributed by atoms with van der Waals surface area (Å²) in [6.45, 7) is 1.84. The molecule has 1 aromatic heterocycles. The van der Waals surface area contributed by atoms with Gasteiger partial charge < -0.3 is 15.4 Å². The Hall–Kier alpha value is -3.38. The first-order valence-corrected chi connectivity index (χ1v) is 8.83. The van der Waals surface area contributed by atoms with Crippen molar-refractivity contribution in [2.45, 2.75) is 6.92 Å². The van der Waals surface area contributed by atoms with Crippen LogP contribution in [0.25, 0.3) is 0 Å². The number of pyridine rings is 1. The molecular formula is C21H18ClN3O3. The number of carbonyl (C=O) groups excluding carboxylic acids is 2. The molecule has 142 valence electrons. The van der Waals surface area contributed by atoms with Gasteiger partial charge in [0.1, 0.15) is 5.82 Å². The summed E-state index contributed by atoms with van der Waals surface area (Å²) in [4.78, 5) is 28.5. The first kappa shape index (κ1) is 19.4. The summed E-state index contributed by atoms with van der Waals surface area (Å²) >= 11 is 6.10. The molecule has 0 aliphatic carbocycles. The zero-order chi connectivity index (χ0) is 20.1. The fraction of sp³-hybridized carbons (Fsp3) is 0.0952. The van der Waals surface area contributed by atoms with Crippen molar-refractivity contribution in [1.29, 1.82) is 0 Å². The molecule has 0 saturated heterocycles. The zero-order valence-corrected chi connectivity index (χ0v) is 16.1. The van der Waals surface area contributed by atoms with Crippen molar-refractivity contribution in [2.24, 2.45) is 0 Å². The first-order chi connectivity index (χ1) is 13.5. The molecule has 1 amide bonds. The summed E-state index contributed by atoms with van der Waals surface area (Å²) in [6.07, 6.45) is 1.53. The number of hydrogen-bond acceptors (Lipinski definition) is 5. The second-order valence-electron chi connectivity index (χ2n) is 5.99. The lowest BCUT2D eigenvalue weighted by Crippen LogP contribution is -2.13. The van der Waals surface area contributed by atoms with Crippen molar-refractivity contribution in [3.8, 4) is 0 Å². The standard InChI is InChI=1S/C21H18ClN3O3/c1-13-17(22)7-4-8-18(13)25-20(26)14-9-10-23-19(12-14)24-16-6-3-5-15(11-16)21(27)28-2/h3-12H,1-2H3,(H,23,24)(H,25,26). The monoisotopic (exact) mass is 395 g/mol. The Kier molecular flexibility index (Phi) is 5.91. The average Bonchev–Trinajstić information content (AvgIpc) is 2.71. The molecule has 6 nitrogen and oxygen atoms in total. The topological polar surface area (TPSA) is 80.3 Å². The van der Waals surface area contributed by atoms with E-state index in [0.717, 1.165) is 5.56 Å². The molecule has 0 radical (unpaired) electrons. The Bertz CT molecular complexity index is 1040. The Morgan fingerprint density at radius 1 is 1.04 bits per heavy atom. The Balaban J connectivity index is 1.78. The van der Waals surface area contributed by atoms with Gasteiger partial charge in [-0.15, -0.1) is 0 Å². The summed E-state index contributed by atoms with van der Waals surface area (Å²) < 4.78 is 4.72. The quantitative estimate of drug-likeness (QED) is 0.605. The highest BCUT2D eigenvalue weighted by Crippen LogP contribution is 2.24. The molecule has 0 spiro atoms. The third kappa shape index (κ3) is 4.47. The summed E-state index contributed by atoms with van der Waals surface area (Å²) in [5, 5.41) is 6.52. The van der Waals surface area contributed by atoms with E-state index in [1.54, 1.807) is 54.6 Å². The molecule has 0 bridgehead atoms. The third-order valence-corrected chi connectivity index (χ3v) is 4.50. The Morgan fingerprint density at radius 3 is 2.61 bits per heavy atom. The van der Waals surface area contributed by atoms with E-state index in [1.807, 2.05) is 6.92 Å². The van der Waals surface area contributed by atoms with Crippen molar-refractivity contribution < 1.29 is 14.3 Å². The normalized spacial score (nSPS) is 10.2. The minimum absolute atomic E-state index is 0.279. The van der Waals surface area contributed by atoms with Crippen molar-refractivity contribution in [3.05, 3.63) is 82.5 Å². The Labute approximate surface area is 167 Å². The molecule has 0 fully saturated rings.